The average molecular weight is 267 g/mol. The summed E-state index contributed by atoms with van der Waals surface area (Å²) in [7, 11) is 1.33. The van der Waals surface area contributed by atoms with Crippen molar-refractivity contribution in [1.29, 1.82) is 0 Å². The third kappa shape index (κ3) is 3.51. The van der Waals surface area contributed by atoms with Gasteiger partial charge in [0, 0.05) is 5.56 Å². The number of carbonyl (C=O) groups is 2. The Bertz CT molecular complexity index is 511. The molecule has 7 nitrogen and oxygen atoms in total. The van der Waals surface area contributed by atoms with Gasteiger partial charge >= 0.3 is 5.97 Å². The number of nitrogens with zero attached hydrogens (tertiary/aromatic N) is 1. The van der Waals surface area contributed by atoms with Crippen LogP contribution >= 0.6 is 0 Å². The highest BCUT2D eigenvalue weighted by atomic mass is 16.6. The predicted molar refractivity (Wildman–Crippen MR) is 65.4 cm³/mol. The molecule has 0 radical (unpaired) electrons. The van der Waals surface area contributed by atoms with Gasteiger partial charge < -0.3 is 9.47 Å². The average Bonchev–Trinajstić information content (AvgIpc) is 2.38. The van der Waals surface area contributed by atoms with Gasteiger partial charge in [-0.2, -0.15) is 0 Å². The zero-order chi connectivity index (χ0) is 14.4. The zero-order valence-corrected chi connectivity index (χ0v) is 10.5. The van der Waals surface area contributed by atoms with Crippen LogP contribution in [0.15, 0.2) is 12.1 Å². The number of carbonyl (C=O) groups excluding carboxylic acids is 2. The first-order chi connectivity index (χ1) is 9.03. The first-order valence-electron chi connectivity index (χ1n) is 5.49. The largest absolute Gasteiger partial charge is 0.496 e. The molecule has 0 atom stereocenters. The second-order valence-electron chi connectivity index (χ2n) is 3.58. The summed E-state index contributed by atoms with van der Waals surface area (Å²) in [5, 5.41) is 10.8. The lowest BCUT2D eigenvalue weighted by Gasteiger charge is -2.09. The number of nitro groups is 1. The lowest BCUT2D eigenvalue weighted by Crippen LogP contribution is -2.09. The highest BCUT2D eigenvalue weighted by molar-refractivity contribution is 5.84. The standard InChI is InChI=1S/C12H13NO6/c1-3-19-12(15)5-8-4-9(7-14)10(13(16)17)6-11(8)18-2/h4,6-7H,3,5H2,1-2H3. The van der Waals surface area contributed by atoms with Crippen LogP contribution in [0, 0.1) is 10.1 Å². The van der Waals surface area contributed by atoms with Gasteiger partial charge in [0.2, 0.25) is 0 Å². The van der Waals surface area contributed by atoms with Crippen molar-refractivity contribution < 1.29 is 24.0 Å². The van der Waals surface area contributed by atoms with Gasteiger partial charge in [-0.1, -0.05) is 0 Å². The summed E-state index contributed by atoms with van der Waals surface area (Å²) < 4.78 is 9.77. The Labute approximate surface area is 109 Å². The van der Waals surface area contributed by atoms with E-state index in [2.05, 4.69) is 0 Å². The summed E-state index contributed by atoms with van der Waals surface area (Å²) in [5.41, 5.74) is -0.0989. The van der Waals surface area contributed by atoms with Crippen LogP contribution in [0.5, 0.6) is 5.75 Å². The number of hydrogen-bond acceptors (Lipinski definition) is 6. The number of esters is 1. The normalized spacial score (nSPS) is 9.79. The minimum Gasteiger partial charge on any atom is -0.496 e. The molecule has 0 heterocycles. The molecule has 102 valence electrons. The lowest BCUT2D eigenvalue weighted by molar-refractivity contribution is -0.385. The third-order valence-electron chi connectivity index (χ3n) is 2.39. The van der Waals surface area contributed by atoms with E-state index in [9.17, 15) is 19.7 Å². The maximum absolute atomic E-state index is 11.4. The molecule has 7 heteroatoms. The molecule has 0 N–H and O–H groups in total. The van der Waals surface area contributed by atoms with Crippen LogP contribution in [0.2, 0.25) is 0 Å². The molecule has 19 heavy (non-hydrogen) atoms. The van der Waals surface area contributed by atoms with Crippen molar-refractivity contribution in [2.45, 2.75) is 13.3 Å². The summed E-state index contributed by atoms with van der Waals surface area (Å²) in [5.74, 6) is -0.322. The molecule has 0 aliphatic rings. The molecule has 1 aromatic rings. The molecule has 0 aliphatic heterocycles. The van der Waals surface area contributed by atoms with Gasteiger partial charge in [0.05, 0.1) is 36.7 Å². The molecular formula is C12H13NO6. The highest BCUT2D eigenvalue weighted by Crippen LogP contribution is 2.28. The van der Waals surface area contributed by atoms with E-state index >= 15 is 0 Å². The highest BCUT2D eigenvalue weighted by Gasteiger charge is 2.20. The van der Waals surface area contributed by atoms with Crippen molar-refractivity contribution in [2.75, 3.05) is 13.7 Å². The van der Waals surface area contributed by atoms with E-state index < -0.39 is 10.9 Å². The van der Waals surface area contributed by atoms with Gasteiger partial charge in [0.1, 0.15) is 5.75 Å². The Morgan fingerprint density at radius 1 is 1.47 bits per heavy atom. The monoisotopic (exact) mass is 267 g/mol. The number of rotatable bonds is 6. The van der Waals surface area contributed by atoms with Crippen LogP contribution in [0.1, 0.15) is 22.8 Å². The van der Waals surface area contributed by atoms with Crippen molar-refractivity contribution in [2.24, 2.45) is 0 Å². The third-order valence-corrected chi connectivity index (χ3v) is 2.39. The van der Waals surface area contributed by atoms with Gasteiger partial charge in [0.25, 0.3) is 5.69 Å². The van der Waals surface area contributed by atoms with Gasteiger partial charge in [-0.15, -0.1) is 0 Å². The maximum atomic E-state index is 11.4. The quantitative estimate of drug-likeness (QED) is 0.335. The zero-order valence-electron chi connectivity index (χ0n) is 10.5. The van der Waals surface area contributed by atoms with Crippen LogP contribution in [0.25, 0.3) is 0 Å². The van der Waals surface area contributed by atoms with E-state index in [1.54, 1.807) is 6.92 Å². The molecule has 0 saturated heterocycles. The number of ether oxygens (including phenoxy) is 2. The molecule has 0 spiro atoms. The first-order valence-corrected chi connectivity index (χ1v) is 5.49. The fourth-order valence-corrected chi connectivity index (χ4v) is 1.58. The van der Waals surface area contributed by atoms with E-state index in [1.165, 1.54) is 13.2 Å². The second kappa shape index (κ2) is 6.48. The summed E-state index contributed by atoms with van der Waals surface area (Å²) in [4.78, 5) is 32.3. The van der Waals surface area contributed by atoms with Crippen LogP contribution in [-0.2, 0) is 16.0 Å². The van der Waals surface area contributed by atoms with Gasteiger partial charge in [-0.25, -0.2) is 0 Å². The lowest BCUT2D eigenvalue weighted by atomic mass is 10.1. The summed E-state index contributed by atoms with van der Waals surface area (Å²) in [6.45, 7) is 1.90. The van der Waals surface area contributed by atoms with Gasteiger partial charge in [-0.3, -0.25) is 19.7 Å². The van der Waals surface area contributed by atoms with Crippen molar-refractivity contribution in [1.82, 2.24) is 0 Å². The first kappa shape index (κ1) is 14.6. The van der Waals surface area contributed by atoms with Crippen molar-refractivity contribution in [3.05, 3.63) is 33.4 Å². The minimum absolute atomic E-state index is 0.106. The number of benzene rings is 1. The van der Waals surface area contributed by atoms with E-state index in [4.69, 9.17) is 9.47 Å². The van der Waals surface area contributed by atoms with Gasteiger partial charge in [-0.05, 0) is 13.0 Å². The van der Waals surface area contributed by atoms with Crippen molar-refractivity contribution >= 4 is 17.9 Å². The Kier molecular flexibility index (Phi) is 4.99. The van der Waals surface area contributed by atoms with E-state index in [1.807, 2.05) is 0 Å². The molecular weight excluding hydrogens is 254 g/mol. The Morgan fingerprint density at radius 2 is 2.16 bits per heavy atom. The topological polar surface area (TPSA) is 95.7 Å². The smallest absolute Gasteiger partial charge is 0.310 e. The van der Waals surface area contributed by atoms with Gasteiger partial charge in [0.15, 0.2) is 6.29 Å². The SMILES string of the molecule is CCOC(=O)Cc1cc(C=O)c([N+](=O)[O-])cc1OC. The fourth-order valence-electron chi connectivity index (χ4n) is 1.58. The Hall–Kier alpha value is -2.44. The molecule has 0 unspecified atom stereocenters. The number of hydrogen-bond donors (Lipinski definition) is 0. The van der Waals surface area contributed by atoms with E-state index in [0.29, 0.717) is 11.8 Å². The van der Waals surface area contributed by atoms with Crippen LogP contribution in [0.4, 0.5) is 5.69 Å². The summed E-state index contributed by atoms with van der Waals surface area (Å²) >= 11 is 0. The Balaban J connectivity index is 3.20. The fraction of sp³-hybridized carbons (Fsp3) is 0.333. The minimum atomic E-state index is -0.680. The molecule has 0 fully saturated rings. The van der Waals surface area contributed by atoms with Crippen LogP contribution in [-0.4, -0.2) is 30.9 Å². The second-order valence-corrected chi connectivity index (χ2v) is 3.58. The molecule has 0 saturated carbocycles. The van der Waals surface area contributed by atoms with Crippen LogP contribution < -0.4 is 4.74 Å². The molecule has 1 aromatic carbocycles. The van der Waals surface area contributed by atoms with Crippen molar-refractivity contribution in [3.8, 4) is 5.75 Å². The number of nitro benzene ring substituents is 1. The molecule has 0 bridgehead atoms. The maximum Gasteiger partial charge on any atom is 0.310 e. The predicted octanol–water partition coefficient (Wildman–Crippen LogP) is 1.52. The molecule has 0 aliphatic carbocycles. The number of aldehydes is 1. The van der Waals surface area contributed by atoms with Crippen molar-refractivity contribution in [3.63, 3.8) is 0 Å². The molecule has 0 aromatic heterocycles. The van der Waals surface area contributed by atoms with E-state index in [0.717, 1.165) is 6.07 Å². The Morgan fingerprint density at radius 3 is 2.63 bits per heavy atom. The summed E-state index contributed by atoms with van der Waals surface area (Å²) in [6.07, 6.45) is 0.252. The molecule has 0 amide bonds. The summed E-state index contributed by atoms with van der Waals surface area (Å²) in [6, 6.07) is 2.39. The molecule has 1 rings (SSSR count). The van der Waals surface area contributed by atoms with E-state index in [-0.39, 0.29) is 30.0 Å². The van der Waals surface area contributed by atoms with Crippen LogP contribution in [0.3, 0.4) is 0 Å². The number of methoxy groups -OCH3 is 1.